The lowest BCUT2D eigenvalue weighted by molar-refractivity contribution is -0.0231. The summed E-state index contributed by atoms with van der Waals surface area (Å²) in [5.41, 5.74) is 0. The first-order chi connectivity index (χ1) is 4.61. The molecule has 1 aliphatic heterocycles. The molecule has 10 heavy (non-hydrogen) atoms. The first-order valence-corrected chi connectivity index (χ1v) is 3.94. The standard InChI is InChI=1S/C5H8F2INO/c6-3-1-9(8)2-4(7)5(3)10/h3-5,10H,1-2H2. The van der Waals surface area contributed by atoms with Crippen molar-refractivity contribution in [2.24, 2.45) is 0 Å². The highest BCUT2D eigenvalue weighted by Crippen LogP contribution is 2.19. The second-order valence-electron chi connectivity index (χ2n) is 2.35. The molecule has 0 amide bonds. The molecule has 0 spiro atoms. The van der Waals surface area contributed by atoms with Crippen molar-refractivity contribution in [1.82, 2.24) is 3.11 Å². The van der Waals surface area contributed by atoms with Gasteiger partial charge in [0.25, 0.3) is 0 Å². The molecule has 1 aliphatic rings. The van der Waals surface area contributed by atoms with Crippen LogP contribution in [0, 0.1) is 0 Å². The second-order valence-corrected chi connectivity index (χ2v) is 3.71. The van der Waals surface area contributed by atoms with Crippen molar-refractivity contribution >= 4 is 22.9 Å². The van der Waals surface area contributed by atoms with E-state index < -0.39 is 18.4 Å². The molecule has 60 valence electrons. The number of aliphatic hydroxyl groups is 1. The molecule has 1 rings (SSSR count). The minimum atomic E-state index is -1.44. The maximum atomic E-state index is 12.5. The Bertz CT molecular complexity index is 114. The zero-order valence-corrected chi connectivity index (χ0v) is 7.33. The fraction of sp³-hybridized carbons (Fsp3) is 1.00. The van der Waals surface area contributed by atoms with Gasteiger partial charge in [-0.3, -0.25) is 0 Å². The SMILES string of the molecule is OC1C(F)CN(I)CC1F. The first-order valence-electron chi connectivity index (χ1n) is 2.98. The Labute approximate surface area is 71.7 Å². The van der Waals surface area contributed by atoms with Gasteiger partial charge in [-0.2, -0.15) is 0 Å². The van der Waals surface area contributed by atoms with Crippen LogP contribution in [0.25, 0.3) is 0 Å². The predicted octanol–water partition coefficient (Wildman–Crippen LogP) is 0.689. The largest absolute Gasteiger partial charge is 0.387 e. The molecule has 1 fully saturated rings. The van der Waals surface area contributed by atoms with Gasteiger partial charge >= 0.3 is 0 Å². The average Bonchev–Trinajstić information content (AvgIpc) is 1.82. The van der Waals surface area contributed by atoms with E-state index in [1.54, 1.807) is 0 Å². The van der Waals surface area contributed by atoms with Crippen LogP contribution in [0.1, 0.15) is 0 Å². The minimum Gasteiger partial charge on any atom is -0.387 e. The maximum absolute atomic E-state index is 12.5. The Morgan fingerprint density at radius 1 is 1.30 bits per heavy atom. The smallest absolute Gasteiger partial charge is 0.142 e. The number of aliphatic hydroxyl groups excluding tert-OH is 1. The van der Waals surface area contributed by atoms with Crippen molar-refractivity contribution in [1.29, 1.82) is 0 Å². The summed E-state index contributed by atoms with van der Waals surface area (Å²) in [6.45, 7) is 0.226. The third kappa shape index (κ3) is 1.76. The van der Waals surface area contributed by atoms with Crippen LogP contribution in [0.5, 0.6) is 0 Å². The summed E-state index contributed by atoms with van der Waals surface area (Å²) in [7, 11) is 0. The lowest BCUT2D eigenvalue weighted by Gasteiger charge is -2.30. The van der Waals surface area contributed by atoms with Gasteiger partial charge in [-0.25, -0.2) is 11.9 Å². The van der Waals surface area contributed by atoms with E-state index in [9.17, 15) is 8.78 Å². The highest BCUT2D eigenvalue weighted by molar-refractivity contribution is 14.1. The monoisotopic (exact) mass is 263 g/mol. The molecular formula is C5H8F2INO. The number of nitrogens with zero attached hydrogens (tertiary/aromatic N) is 1. The third-order valence-electron chi connectivity index (χ3n) is 1.49. The normalized spacial score (nSPS) is 43.8. The number of hydrogen-bond acceptors (Lipinski definition) is 2. The molecule has 0 aromatic carbocycles. The van der Waals surface area contributed by atoms with Crippen molar-refractivity contribution < 1.29 is 13.9 Å². The summed E-state index contributed by atoms with van der Waals surface area (Å²) >= 11 is 1.84. The van der Waals surface area contributed by atoms with Crippen LogP contribution >= 0.6 is 22.9 Å². The quantitative estimate of drug-likeness (QED) is 0.513. The van der Waals surface area contributed by atoms with Crippen LogP contribution in [-0.2, 0) is 0 Å². The van der Waals surface area contributed by atoms with E-state index >= 15 is 0 Å². The molecule has 5 heteroatoms. The zero-order valence-electron chi connectivity index (χ0n) is 5.17. The predicted molar refractivity (Wildman–Crippen MR) is 41.4 cm³/mol. The number of rotatable bonds is 0. The first kappa shape index (κ1) is 8.61. The van der Waals surface area contributed by atoms with Gasteiger partial charge in [0.15, 0.2) is 0 Å². The Kier molecular flexibility index (Phi) is 2.81. The average molecular weight is 263 g/mol. The molecular weight excluding hydrogens is 255 g/mol. The zero-order chi connectivity index (χ0) is 7.72. The summed E-state index contributed by atoms with van der Waals surface area (Å²) in [6.07, 6.45) is -4.31. The van der Waals surface area contributed by atoms with Crippen LogP contribution in [-0.4, -0.2) is 39.8 Å². The van der Waals surface area contributed by atoms with E-state index in [1.807, 2.05) is 22.9 Å². The molecule has 1 N–H and O–H groups in total. The lowest BCUT2D eigenvalue weighted by atomic mass is 10.1. The highest BCUT2D eigenvalue weighted by Gasteiger charge is 2.34. The van der Waals surface area contributed by atoms with Gasteiger partial charge in [0.05, 0.1) is 0 Å². The van der Waals surface area contributed by atoms with E-state index in [0.717, 1.165) is 0 Å². The van der Waals surface area contributed by atoms with E-state index in [0.29, 0.717) is 0 Å². The van der Waals surface area contributed by atoms with Crippen molar-refractivity contribution in [2.75, 3.05) is 13.1 Å². The molecule has 0 radical (unpaired) electrons. The molecule has 1 heterocycles. The van der Waals surface area contributed by atoms with Gasteiger partial charge in [-0.05, 0) is 0 Å². The van der Waals surface area contributed by atoms with E-state index in [1.165, 1.54) is 3.11 Å². The van der Waals surface area contributed by atoms with Crippen molar-refractivity contribution in [2.45, 2.75) is 18.4 Å². The Hall–Kier alpha value is 0.510. The number of piperidine rings is 1. The fourth-order valence-electron chi connectivity index (χ4n) is 0.896. The van der Waals surface area contributed by atoms with Crippen LogP contribution in [0.2, 0.25) is 0 Å². The highest BCUT2D eigenvalue weighted by atomic mass is 127. The van der Waals surface area contributed by atoms with E-state index in [2.05, 4.69) is 0 Å². The van der Waals surface area contributed by atoms with E-state index in [-0.39, 0.29) is 13.1 Å². The number of halogens is 3. The topological polar surface area (TPSA) is 23.5 Å². The molecule has 0 bridgehead atoms. The molecule has 0 aromatic heterocycles. The van der Waals surface area contributed by atoms with Gasteiger partial charge in [-0.1, -0.05) is 0 Å². The lowest BCUT2D eigenvalue weighted by Crippen LogP contribution is -2.48. The van der Waals surface area contributed by atoms with Crippen molar-refractivity contribution in [3.05, 3.63) is 0 Å². The van der Waals surface area contributed by atoms with Crippen LogP contribution in [0.3, 0.4) is 0 Å². The van der Waals surface area contributed by atoms with Crippen LogP contribution in [0.15, 0.2) is 0 Å². The Morgan fingerprint density at radius 2 is 1.70 bits per heavy atom. The molecule has 0 aliphatic carbocycles. The van der Waals surface area contributed by atoms with Gasteiger partial charge in [0, 0.05) is 36.0 Å². The summed E-state index contributed by atoms with van der Waals surface area (Å²) in [6, 6.07) is 0. The summed E-state index contributed by atoms with van der Waals surface area (Å²) in [5.74, 6) is 0. The Balaban J connectivity index is 2.49. The van der Waals surface area contributed by atoms with Crippen molar-refractivity contribution in [3.63, 3.8) is 0 Å². The number of alkyl halides is 2. The number of hydrogen-bond donors (Lipinski definition) is 1. The fourth-order valence-corrected chi connectivity index (χ4v) is 1.65. The molecule has 0 saturated carbocycles. The molecule has 1 saturated heterocycles. The summed E-state index contributed by atoms with van der Waals surface area (Å²) in [5, 5.41) is 8.78. The molecule has 2 atom stereocenters. The molecule has 2 nitrogen and oxygen atoms in total. The Morgan fingerprint density at radius 3 is 2.10 bits per heavy atom. The van der Waals surface area contributed by atoms with E-state index in [4.69, 9.17) is 5.11 Å². The second kappa shape index (κ2) is 3.27. The van der Waals surface area contributed by atoms with Crippen LogP contribution < -0.4 is 0 Å². The van der Waals surface area contributed by atoms with Gasteiger partial charge in [0.2, 0.25) is 0 Å². The minimum absolute atomic E-state index is 0.113. The molecule has 0 aromatic rings. The van der Waals surface area contributed by atoms with Gasteiger partial charge in [-0.15, -0.1) is 0 Å². The molecule has 2 unspecified atom stereocenters. The summed E-state index contributed by atoms with van der Waals surface area (Å²) in [4.78, 5) is 0. The third-order valence-corrected chi connectivity index (χ3v) is 2.27. The van der Waals surface area contributed by atoms with Crippen molar-refractivity contribution in [3.8, 4) is 0 Å². The maximum Gasteiger partial charge on any atom is 0.142 e. The van der Waals surface area contributed by atoms with Gasteiger partial charge in [0.1, 0.15) is 18.4 Å². The van der Waals surface area contributed by atoms with Gasteiger partial charge < -0.3 is 5.11 Å². The summed E-state index contributed by atoms with van der Waals surface area (Å²) < 4.78 is 26.6. The van der Waals surface area contributed by atoms with Crippen LogP contribution in [0.4, 0.5) is 8.78 Å².